The quantitative estimate of drug-likeness (QED) is 0.837. The van der Waals surface area contributed by atoms with Crippen LogP contribution in [-0.4, -0.2) is 25.4 Å². The Kier molecular flexibility index (Phi) is 5.22. The summed E-state index contributed by atoms with van der Waals surface area (Å²) in [4.78, 5) is 0. The predicted molar refractivity (Wildman–Crippen MR) is 60.4 cm³/mol. The van der Waals surface area contributed by atoms with Crippen LogP contribution in [0.1, 0.15) is 6.92 Å². The minimum atomic E-state index is -4.26. The maximum absolute atomic E-state index is 13.1. The second-order valence-corrected chi connectivity index (χ2v) is 4.16. The van der Waals surface area contributed by atoms with Crippen LogP contribution in [0.4, 0.5) is 17.6 Å². The van der Waals surface area contributed by atoms with Gasteiger partial charge in [0.1, 0.15) is 17.7 Å². The molecule has 1 aromatic carbocycles. The van der Waals surface area contributed by atoms with Crippen molar-refractivity contribution in [2.75, 3.05) is 13.1 Å². The summed E-state index contributed by atoms with van der Waals surface area (Å²) in [5.41, 5.74) is 0. The highest BCUT2D eigenvalue weighted by Gasteiger charge is 2.26. The molecule has 1 atom stereocenters. The lowest BCUT2D eigenvalue weighted by Gasteiger charge is -2.16. The number of benzene rings is 1. The van der Waals surface area contributed by atoms with Crippen LogP contribution in [0.25, 0.3) is 0 Å². The number of alkyl halides is 3. The van der Waals surface area contributed by atoms with E-state index in [4.69, 9.17) is 16.3 Å². The van der Waals surface area contributed by atoms with Crippen LogP contribution < -0.4 is 10.1 Å². The van der Waals surface area contributed by atoms with E-state index in [2.05, 4.69) is 5.32 Å². The van der Waals surface area contributed by atoms with Crippen LogP contribution in [0, 0.1) is 5.82 Å². The number of nitrogens with one attached hydrogen (secondary N) is 1. The fourth-order valence-electron chi connectivity index (χ4n) is 1.24. The second kappa shape index (κ2) is 6.24. The molecule has 1 N–H and O–H groups in total. The zero-order chi connectivity index (χ0) is 13.8. The summed E-state index contributed by atoms with van der Waals surface area (Å²) in [5, 5.41) is 2.16. The Morgan fingerprint density at radius 2 is 2.06 bits per heavy atom. The standard InChI is InChI=1S/C11H12ClF4NO/c1-7(5-17-6-11(14,15)16)18-8-2-3-9(12)10(13)4-8/h2-4,7,17H,5-6H2,1H3. The number of rotatable bonds is 5. The molecule has 7 heteroatoms. The highest BCUT2D eigenvalue weighted by Crippen LogP contribution is 2.21. The summed E-state index contributed by atoms with van der Waals surface area (Å²) >= 11 is 5.48. The molecule has 18 heavy (non-hydrogen) atoms. The van der Waals surface area contributed by atoms with Crippen molar-refractivity contribution in [3.05, 3.63) is 29.0 Å². The number of halogens is 5. The van der Waals surface area contributed by atoms with Crippen LogP contribution in [0.15, 0.2) is 18.2 Å². The van der Waals surface area contributed by atoms with E-state index in [1.54, 1.807) is 6.92 Å². The molecule has 0 saturated heterocycles. The Balaban J connectivity index is 2.40. The molecular formula is C11H12ClF4NO. The van der Waals surface area contributed by atoms with Gasteiger partial charge in [-0.3, -0.25) is 0 Å². The van der Waals surface area contributed by atoms with Crippen molar-refractivity contribution in [2.45, 2.75) is 19.2 Å². The SMILES string of the molecule is CC(CNCC(F)(F)F)Oc1ccc(Cl)c(F)c1. The molecule has 0 radical (unpaired) electrons. The van der Waals surface area contributed by atoms with Gasteiger partial charge in [0.2, 0.25) is 0 Å². The summed E-state index contributed by atoms with van der Waals surface area (Å²) in [7, 11) is 0. The average molecular weight is 286 g/mol. The van der Waals surface area contributed by atoms with E-state index in [0.717, 1.165) is 6.07 Å². The average Bonchev–Trinajstić information content (AvgIpc) is 2.21. The Morgan fingerprint density at radius 3 is 2.61 bits per heavy atom. The molecular weight excluding hydrogens is 274 g/mol. The van der Waals surface area contributed by atoms with Gasteiger partial charge in [0, 0.05) is 12.6 Å². The fraction of sp³-hybridized carbons (Fsp3) is 0.455. The van der Waals surface area contributed by atoms with Crippen molar-refractivity contribution in [2.24, 2.45) is 0 Å². The lowest BCUT2D eigenvalue weighted by molar-refractivity contribution is -0.125. The third-order valence-electron chi connectivity index (χ3n) is 1.99. The molecule has 2 nitrogen and oxygen atoms in total. The molecule has 0 aliphatic carbocycles. The maximum atomic E-state index is 13.1. The van der Waals surface area contributed by atoms with E-state index in [0.29, 0.717) is 0 Å². The zero-order valence-electron chi connectivity index (χ0n) is 9.52. The van der Waals surface area contributed by atoms with E-state index in [1.807, 2.05) is 0 Å². The summed E-state index contributed by atoms with van der Waals surface area (Å²) < 4.78 is 53.9. The van der Waals surface area contributed by atoms with Gasteiger partial charge in [-0.25, -0.2) is 4.39 Å². The van der Waals surface area contributed by atoms with Gasteiger partial charge in [-0.1, -0.05) is 11.6 Å². The molecule has 1 unspecified atom stereocenters. The van der Waals surface area contributed by atoms with Crippen LogP contribution in [0.5, 0.6) is 5.75 Å². The smallest absolute Gasteiger partial charge is 0.401 e. The van der Waals surface area contributed by atoms with Crippen molar-refractivity contribution in [1.29, 1.82) is 0 Å². The molecule has 0 aliphatic rings. The monoisotopic (exact) mass is 285 g/mol. The zero-order valence-corrected chi connectivity index (χ0v) is 10.3. The molecule has 0 spiro atoms. The Bertz CT molecular complexity index is 397. The van der Waals surface area contributed by atoms with E-state index < -0.39 is 24.6 Å². The van der Waals surface area contributed by atoms with Gasteiger partial charge in [0.25, 0.3) is 0 Å². The molecule has 0 aromatic heterocycles. The van der Waals surface area contributed by atoms with Crippen molar-refractivity contribution in [1.82, 2.24) is 5.32 Å². The summed E-state index contributed by atoms with van der Waals surface area (Å²) in [6.45, 7) is 0.495. The largest absolute Gasteiger partial charge is 0.489 e. The molecule has 0 aliphatic heterocycles. The topological polar surface area (TPSA) is 21.3 Å². The first-order chi connectivity index (χ1) is 8.28. The third-order valence-corrected chi connectivity index (χ3v) is 2.29. The summed E-state index contributed by atoms with van der Waals surface area (Å²) in [6.07, 6.45) is -4.78. The first kappa shape index (κ1) is 15.0. The first-order valence-corrected chi connectivity index (χ1v) is 5.55. The van der Waals surface area contributed by atoms with Gasteiger partial charge >= 0.3 is 6.18 Å². The third kappa shape index (κ3) is 5.55. The minimum Gasteiger partial charge on any atom is -0.489 e. The molecule has 0 amide bonds. The minimum absolute atomic E-state index is 0.00373. The van der Waals surface area contributed by atoms with E-state index >= 15 is 0 Å². The molecule has 102 valence electrons. The predicted octanol–water partition coefficient (Wildman–Crippen LogP) is 3.40. The normalized spacial score (nSPS) is 13.4. The highest BCUT2D eigenvalue weighted by atomic mass is 35.5. The second-order valence-electron chi connectivity index (χ2n) is 3.75. The van der Waals surface area contributed by atoms with Crippen molar-refractivity contribution >= 4 is 11.6 Å². The van der Waals surface area contributed by atoms with Gasteiger partial charge in [0.05, 0.1) is 11.6 Å². The Labute approximate surface area is 107 Å². The van der Waals surface area contributed by atoms with E-state index in [1.165, 1.54) is 12.1 Å². The van der Waals surface area contributed by atoms with Gasteiger partial charge in [-0.2, -0.15) is 13.2 Å². The van der Waals surface area contributed by atoms with Crippen molar-refractivity contribution < 1.29 is 22.3 Å². The summed E-state index contributed by atoms with van der Waals surface area (Å²) in [6, 6.07) is 3.86. The van der Waals surface area contributed by atoms with E-state index in [9.17, 15) is 17.6 Å². The molecule has 1 aromatic rings. The Morgan fingerprint density at radius 1 is 1.39 bits per heavy atom. The lowest BCUT2D eigenvalue weighted by atomic mass is 10.3. The van der Waals surface area contributed by atoms with Gasteiger partial charge < -0.3 is 10.1 Å². The van der Waals surface area contributed by atoms with Crippen molar-refractivity contribution in [3.63, 3.8) is 0 Å². The fourth-order valence-corrected chi connectivity index (χ4v) is 1.36. The number of ether oxygens (including phenoxy) is 1. The number of hydrogen-bond acceptors (Lipinski definition) is 2. The van der Waals surface area contributed by atoms with Crippen LogP contribution in [0.3, 0.4) is 0 Å². The van der Waals surface area contributed by atoms with Crippen molar-refractivity contribution in [3.8, 4) is 5.75 Å². The molecule has 0 saturated carbocycles. The van der Waals surface area contributed by atoms with Gasteiger partial charge in [0.15, 0.2) is 0 Å². The number of hydrogen-bond donors (Lipinski definition) is 1. The molecule has 0 heterocycles. The highest BCUT2D eigenvalue weighted by molar-refractivity contribution is 6.30. The maximum Gasteiger partial charge on any atom is 0.401 e. The van der Waals surface area contributed by atoms with Gasteiger partial charge in [-0.15, -0.1) is 0 Å². The van der Waals surface area contributed by atoms with E-state index in [-0.39, 0.29) is 17.3 Å². The lowest BCUT2D eigenvalue weighted by Crippen LogP contribution is -2.35. The molecule has 0 fully saturated rings. The van der Waals surface area contributed by atoms with Crippen LogP contribution in [-0.2, 0) is 0 Å². The first-order valence-electron chi connectivity index (χ1n) is 5.17. The van der Waals surface area contributed by atoms with Gasteiger partial charge in [-0.05, 0) is 19.1 Å². The van der Waals surface area contributed by atoms with Crippen LogP contribution in [0.2, 0.25) is 5.02 Å². The molecule has 1 rings (SSSR count). The summed E-state index contributed by atoms with van der Waals surface area (Å²) in [5.74, 6) is -0.414. The Hall–Kier alpha value is -1.01. The molecule has 0 bridgehead atoms. The van der Waals surface area contributed by atoms with Crippen LogP contribution >= 0.6 is 11.6 Å².